The van der Waals surface area contributed by atoms with Crippen LogP contribution in [-0.4, -0.2) is 36.0 Å². The predicted octanol–water partition coefficient (Wildman–Crippen LogP) is 1.58. The molecule has 1 aromatic carbocycles. The van der Waals surface area contributed by atoms with Gasteiger partial charge in [0, 0.05) is 43.0 Å². The molecule has 0 aliphatic heterocycles. The lowest BCUT2D eigenvalue weighted by atomic mass is 10.1. The van der Waals surface area contributed by atoms with Crippen molar-refractivity contribution >= 4 is 11.6 Å². The van der Waals surface area contributed by atoms with Crippen LogP contribution in [0.2, 0.25) is 0 Å². The third-order valence-corrected chi connectivity index (χ3v) is 3.52. The first kappa shape index (κ1) is 17.5. The van der Waals surface area contributed by atoms with Gasteiger partial charge in [-0.2, -0.15) is 0 Å². The molecule has 0 fully saturated rings. The van der Waals surface area contributed by atoms with Crippen LogP contribution in [0, 0.1) is 0 Å². The van der Waals surface area contributed by atoms with Crippen LogP contribution in [0.15, 0.2) is 18.2 Å². The van der Waals surface area contributed by atoms with Crippen LogP contribution in [0.1, 0.15) is 43.6 Å². The Morgan fingerprint density at radius 3 is 2.33 bits per heavy atom. The van der Waals surface area contributed by atoms with E-state index in [1.165, 1.54) is 0 Å². The van der Waals surface area contributed by atoms with Crippen LogP contribution in [-0.2, 0) is 6.54 Å². The number of hydrogen-bond acceptors (Lipinski definition) is 4. The summed E-state index contributed by atoms with van der Waals surface area (Å²) in [4.78, 5) is 14.2. The van der Waals surface area contributed by atoms with E-state index >= 15 is 0 Å². The lowest BCUT2D eigenvalue weighted by Gasteiger charge is -2.31. The number of nitrogen functional groups attached to an aromatic ring is 1. The third kappa shape index (κ3) is 5.02. The van der Waals surface area contributed by atoms with E-state index in [9.17, 15) is 4.79 Å². The summed E-state index contributed by atoms with van der Waals surface area (Å²) in [6, 6.07) is 6.37. The fourth-order valence-corrected chi connectivity index (χ4v) is 2.33. The summed E-state index contributed by atoms with van der Waals surface area (Å²) in [6.45, 7) is 10.4. The Kier molecular flexibility index (Phi) is 6.65. The summed E-state index contributed by atoms with van der Waals surface area (Å²) in [5, 5.41) is 2.74. The SMILES string of the molecule is CC(C)N(Cc1ccc(C(=O)NCCN)cc1N)C(C)C. The Balaban J connectivity index is 2.85. The van der Waals surface area contributed by atoms with Gasteiger partial charge >= 0.3 is 0 Å². The number of nitrogens with two attached hydrogens (primary N) is 2. The van der Waals surface area contributed by atoms with Gasteiger partial charge in [0.05, 0.1) is 0 Å². The first-order valence-corrected chi connectivity index (χ1v) is 7.49. The van der Waals surface area contributed by atoms with E-state index in [0.717, 1.165) is 12.1 Å². The third-order valence-electron chi connectivity index (χ3n) is 3.52. The van der Waals surface area contributed by atoms with Crippen LogP contribution in [0.25, 0.3) is 0 Å². The number of amides is 1. The van der Waals surface area contributed by atoms with Gasteiger partial charge in [0.2, 0.25) is 0 Å². The second kappa shape index (κ2) is 8.00. The number of nitrogens with one attached hydrogen (secondary N) is 1. The van der Waals surface area contributed by atoms with E-state index in [0.29, 0.717) is 36.4 Å². The summed E-state index contributed by atoms with van der Waals surface area (Å²) in [5.41, 5.74) is 13.8. The minimum atomic E-state index is -0.136. The Hall–Kier alpha value is -1.59. The van der Waals surface area contributed by atoms with E-state index in [-0.39, 0.29) is 5.91 Å². The summed E-state index contributed by atoms with van der Waals surface area (Å²) in [7, 11) is 0. The smallest absolute Gasteiger partial charge is 0.251 e. The van der Waals surface area contributed by atoms with E-state index in [1.807, 2.05) is 12.1 Å². The van der Waals surface area contributed by atoms with Crippen molar-refractivity contribution in [3.8, 4) is 0 Å². The molecule has 0 aliphatic carbocycles. The highest BCUT2D eigenvalue weighted by Crippen LogP contribution is 2.19. The molecule has 0 heterocycles. The van der Waals surface area contributed by atoms with Gasteiger partial charge in [-0.05, 0) is 45.4 Å². The molecule has 1 amide bonds. The molecule has 5 heteroatoms. The lowest BCUT2D eigenvalue weighted by molar-refractivity contribution is 0.0954. The van der Waals surface area contributed by atoms with Crippen LogP contribution >= 0.6 is 0 Å². The van der Waals surface area contributed by atoms with Crippen molar-refractivity contribution in [1.82, 2.24) is 10.2 Å². The Morgan fingerprint density at radius 1 is 1.24 bits per heavy atom. The Labute approximate surface area is 127 Å². The molecular formula is C16H28N4O. The monoisotopic (exact) mass is 292 g/mol. The van der Waals surface area contributed by atoms with Crippen molar-refractivity contribution in [3.63, 3.8) is 0 Å². The zero-order chi connectivity index (χ0) is 16.0. The number of carbonyl (C=O) groups is 1. The molecule has 118 valence electrons. The predicted molar refractivity (Wildman–Crippen MR) is 88.1 cm³/mol. The molecule has 0 radical (unpaired) electrons. The van der Waals surface area contributed by atoms with Crippen molar-refractivity contribution < 1.29 is 4.79 Å². The minimum Gasteiger partial charge on any atom is -0.398 e. The molecule has 21 heavy (non-hydrogen) atoms. The summed E-state index contributed by atoms with van der Waals surface area (Å²) < 4.78 is 0. The first-order chi connectivity index (χ1) is 9.86. The van der Waals surface area contributed by atoms with Crippen molar-refractivity contribution in [2.75, 3.05) is 18.8 Å². The van der Waals surface area contributed by atoms with Crippen molar-refractivity contribution in [2.24, 2.45) is 5.73 Å². The maximum Gasteiger partial charge on any atom is 0.251 e. The normalized spacial score (nSPS) is 11.4. The number of hydrogen-bond donors (Lipinski definition) is 3. The van der Waals surface area contributed by atoms with Gasteiger partial charge in [-0.3, -0.25) is 9.69 Å². The van der Waals surface area contributed by atoms with Gasteiger partial charge in [-0.1, -0.05) is 6.07 Å². The van der Waals surface area contributed by atoms with Gasteiger partial charge in [0.25, 0.3) is 5.91 Å². The molecule has 0 spiro atoms. The quantitative estimate of drug-likeness (QED) is 0.666. The van der Waals surface area contributed by atoms with E-state index in [2.05, 4.69) is 37.9 Å². The van der Waals surface area contributed by atoms with Crippen LogP contribution in [0.3, 0.4) is 0 Å². The highest BCUT2D eigenvalue weighted by atomic mass is 16.1. The van der Waals surface area contributed by atoms with Gasteiger partial charge in [-0.15, -0.1) is 0 Å². The van der Waals surface area contributed by atoms with Crippen LogP contribution < -0.4 is 16.8 Å². The van der Waals surface area contributed by atoms with Gasteiger partial charge in [-0.25, -0.2) is 0 Å². The average Bonchev–Trinajstić information content (AvgIpc) is 2.42. The molecule has 0 unspecified atom stereocenters. The maximum absolute atomic E-state index is 11.9. The highest BCUT2D eigenvalue weighted by molar-refractivity contribution is 5.95. The van der Waals surface area contributed by atoms with Crippen molar-refractivity contribution in [3.05, 3.63) is 29.3 Å². The Morgan fingerprint density at radius 2 is 1.86 bits per heavy atom. The van der Waals surface area contributed by atoms with E-state index < -0.39 is 0 Å². The van der Waals surface area contributed by atoms with Gasteiger partial charge in [0.15, 0.2) is 0 Å². The fraction of sp³-hybridized carbons (Fsp3) is 0.562. The summed E-state index contributed by atoms with van der Waals surface area (Å²) in [5.74, 6) is -0.136. The average molecular weight is 292 g/mol. The molecular weight excluding hydrogens is 264 g/mol. The summed E-state index contributed by atoms with van der Waals surface area (Å²) >= 11 is 0. The number of nitrogens with zero attached hydrogens (tertiary/aromatic N) is 1. The largest absolute Gasteiger partial charge is 0.398 e. The molecule has 0 aromatic heterocycles. The van der Waals surface area contributed by atoms with E-state index in [1.54, 1.807) is 6.07 Å². The van der Waals surface area contributed by atoms with Crippen molar-refractivity contribution in [1.29, 1.82) is 0 Å². The zero-order valence-electron chi connectivity index (χ0n) is 13.5. The molecule has 0 saturated heterocycles. The molecule has 0 bridgehead atoms. The number of benzene rings is 1. The molecule has 5 nitrogen and oxygen atoms in total. The molecule has 0 atom stereocenters. The van der Waals surface area contributed by atoms with Crippen molar-refractivity contribution in [2.45, 2.75) is 46.3 Å². The summed E-state index contributed by atoms with van der Waals surface area (Å²) in [6.07, 6.45) is 0. The van der Waals surface area contributed by atoms with Crippen LogP contribution in [0.5, 0.6) is 0 Å². The number of carbonyl (C=O) groups excluding carboxylic acids is 1. The zero-order valence-corrected chi connectivity index (χ0v) is 13.5. The minimum absolute atomic E-state index is 0.136. The van der Waals surface area contributed by atoms with Gasteiger partial charge in [0.1, 0.15) is 0 Å². The molecule has 0 saturated carbocycles. The maximum atomic E-state index is 11.9. The van der Waals surface area contributed by atoms with Gasteiger partial charge < -0.3 is 16.8 Å². The Bertz CT molecular complexity index is 463. The number of anilines is 1. The topological polar surface area (TPSA) is 84.4 Å². The molecule has 5 N–H and O–H groups in total. The lowest BCUT2D eigenvalue weighted by Crippen LogP contribution is -2.36. The first-order valence-electron chi connectivity index (χ1n) is 7.49. The highest BCUT2D eigenvalue weighted by Gasteiger charge is 2.16. The second-order valence-corrected chi connectivity index (χ2v) is 5.82. The molecule has 1 aromatic rings. The molecule has 1 rings (SSSR count). The number of rotatable bonds is 7. The molecule has 0 aliphatic rings. The second-order valence-electron chi connectivity index (χ2n) is 5.82. The fourth-order valence-electron chi connectivity index (χ4n) is 2.33. The van der Waals surface area contributed by atoms with Crippen LogP contribution in [0.4, 0.5) is 5.69 Å². The standard InChI is InChI=1S/C16H28N4O/c1-11(2)20(12(3)4)10-14-6-5-13(9-15(14)18)16(21)19-8-7-17/h5-6,9,11-12H,7-8,10,17-18H2,1-4H3,(H,19,21). The van der Waals surface area contributed by atoms with E-state index in [4.69, 9.17) is 11.5 Å².